The van der Waals surface area contributed by atoms with E-state index in [4.69, 9.17) is 16.9 Å². The Kier molecular flexibility index (Phi) is 4.89. The molecular weight excluding hydrogens is 310 g/mol. The van der Waals surface area contributed by atoms with E-state index >= 15 is 0 Å². The fourth-order valence-corrected chi connectivity index (χ4v) is 4.25. The summed E-state index contributed by atoms with van der Waals surface area (Å²) in [5.74, 6) is 0. The second-order valence-corrected chi connectivity index (χ2v) is 7.74. The number of likely N-dealkylation sites (N-methyl/N-ethyl adjacent to an activating group) is 2. The average Bonchev–Trinajstić information content (AvgIpc) is 2.84. The van der Waals surface area contributed by atoms with E-state index in [9.17, 15) is 8.42 Å². The van der Waals surface area contributed by atoms with E-state index in [0.717, 1.165) is 19.4 Å². The molecule has 2 rings (SSSR count). The first-order chi connectivity index (χ1) is 9.86. The molecule has 1 aliphatic rings. The van der Waals surface area contributed by atoms with E-state index in [1.54, 1.807) is 7.05 Å². The van der Waals surface area contributed by atoms with Crippen LogP contribution < -0.4 is 0 Å². The van der Waals surface area contributed by atoms with Crippen LogP contribution in [-0.2, 0) is 10.0 Å². The fourth-order valence-electron chi connectivity index (χ4n) is 2.54. The van der Waals surface area contributed by atoms with E-state index in [2.05, 4.69) is 4.90 Å². The maximum Gasteiger partial charge on any atom is 0.244 e. The van der Waals surface area contributed by atoms with Crippen LogP contribution in [0.1, 0.15) is 18.4 Å². The average molecular weight is 328 g/mol. The van der Waals surface area contributed by atoms with Crippen LogP contribution in [0.2, 0.25) is 5.02 Å². The maximum absolute atomic E-state index is 12.6. The molecule has 1 unspecified atom stereocenters. The molecule has 0 bridgehead atoms. The molecule has 1 aromatic carbocycles. The molecule has 1 aromatic rings. The van der Waals surface area contributed by atoms with Gasteiger partial charge in [0.2, 0.25) is 10.0 Å². The maximum atomic E-state index is 12.6. The number of benzene rings is 1. The Balaban J connectivity index is 2.27. The van der Waals surface area contributed by atoms with Crippen molar-refractivity contribution in [2.75, 3.05) is 27.2 Å². The van der Waals surface area contributed by atoms with Crippen LogP contribution in [0.5, 0.6) is 0 Å². The van der Waals surface area contributed by atoms with Crippen LogP contribution >= 0.6 is 11.6 Å². The van der Waals surface area contributed by atoms with Crippen LogP contribution in [-0.4, -0.2) is 50.8 Å². The molecule has 0 amide bonds. The Morgan fingerprint density at radius 3 is 2.81 bits per heavy atom. The summed E-state index contributed by atoms with van der Waals surface area (Å²) in [6.45, 7) is 1.41. The highest BCUT2D eigenvalue weighted by atomic mass is 35.5. The smallest absolute Gasteiger partial charge is 0.244 e. The van der Waals surface area contributed by atoms with Crippen molar-refractivity contribution in [1.29, 1.82) is 5.26 Å². The van der Waals surface area contributed by atoms with Crippen molar-refractivity contribution >= 4 is 21.6 Å². The molecule has 0 spiro atoms. The Labute approximate surface area is 130 Å². The van der Waals surface area contributed by atoms with E-state index < -0.39 is 10.0 Å². The van der Waals surface area contributed by atoms with Gasteiger partial charge < -0.3 is 4.90 Å². The lowest BCUT2D eigenvalue weighted by Crippen LogP contribution is -2.39. The molecule has 1 aliphatic heterocycles. The third kappa shape index (κ3) is 3.38. The zero-order valence-corrected chi connectivity index (χ0v) is 13.7. The number of nitrogens with zero attached hydrogens (tertiary/aromatic N) is 3. The SMILES string of the molecule is CN1CCCC1CN(C)S(=O)(=O)c1cc(C#N)ccc1Cl. The van der Waals surface area contributed by atoms with Crippen LogP contribution in [0.15, 0.2) is 23.1 Å². The Morgan fingerprint density at radius 2 is 2.24 bits per heavy atom. The van der Waals surface area contributed by atoms with E-state index in [1.165, 1.54) is 22.5 Å². The fraction of sp³-hybridized carbons (Fsp3) is 0.500. The highest BCUT2D eigenvalue weighted by molar-refractivity contribution is 7.89. The minimum Gasteiger partial charge on any atom is -0.302 e. The van der Waals surface area contributed by atoms with E-state index in [0.29, 0.717) is 6.54 Å². The lowest BCUT2D eigenvalue weighted by molar-refractivity contribution is 0.271. The van der Waals surface area contributed by atoms with Gasteiger partial charge in [0.15, 0.2) is 0 Å². The first kappa shape index (κ1) is 16.2. The van der Waals surface area contributed by atoms with E-state index in [-0.39, 0.29) is 21.5 Å². The summed E-state index contributed by atoms with van der Waals surface area (Å²) < 4.78 is 26.6. The number of nitriles is 1. The van der Waals surface area contributed by atoms with Gasteiger partial charge in [0.1, 0.15) is 4.90 Å². The third-order valence-electron chi connectivity index (χ3n) is 3.89. The lowest BCUT2D eigenvalue weighted by Gasteiger charge is -2.25. The Bertz CT molecular complexity index is 669. The molecule has 0 aromatic heterocycles. The van der Waals surface area contributed by atoms with Crippen molar-refractivity contribution < 1.29 is 8.42 Å². The molecule has 0 N–H and O–H groups in total. The van der Waals surface area contributed by atoms with Crippen LogP contribution in [0.25, 0.3) is 0 Å². The van der Waals surface area contributed by atoms with Gasteiger partial charge >= 0.3 is 0 Å². The summed E-state index contributed by atoms with van der Waals surface area (Å²) in [6.07, 6.45) is 2.07. The van der Waals surface area contributed by atoms with Gasteiger partial charge in [-0.2, -0.15) is 9.57 Å². The van der Waals surface area contributed by atoms with Crippen LogP contribution in [0.4, 0.5) is 0 Å². The molecule has 1 heterocycles. The summed E-state index contributed by atoms with van der Waals surface area (Å²) in [5, 5.41) is 9.05. The number of halogens is 1. The largest absolute Gasteiger partial charge is 0.302 e. The summed E-state index contributed by atoms with van der Waals surface area (Å²) >= 11 is 6.00. The molecule has 5 nitrogen and oxygen atoms in total. The van der Waals surface area contributed by atoms with Crippen LogP contribution in [0.3, 0.4) is 0 Å². The van der Waals surface area contributed by atoms with Crippen molar-refractivity contribution in [3.8, 4) is 6.07 Å². The number of sulfonamides is 1. The lowest BCUT2D eigenvalue weighted by atomic mass is 10.2. The molecule has 0 radical (unpaired) electrons. The number of hydrogen-bond acceptors (Lipinski definition) is 4. The topological polar surface area (TPSA) is 64.4 Å². The minimum atomic E-state index is -3.69. The van der Waals surface area contributed by atoms with Gasteiger partial charge in [-0.3, -0.25) is 0 Å². The standard InChI is InChI=1S/C14H18ClN3O2S/c1-17-7-3-4-12(17)10-18(2)21(19,20)14-8-11(9-16)5-6-13(14)15/h5-6,8,12H,3-4,7,10H2,1-2H3. The van der Waals surface area contributed by atoms with E-state index in [1.807, 2.05) is 13.1 Å². The zero-order valence-electron chi connectivity index (χ0n) is 12.1. The highest BCUT2D eigenvalue weighted by Crippen LogP contribution is 2.26. The Morgan fingerprint density at radius 1 is 1.52 bits per heavy atom. The molecule has 1 saturated heterocycles. The minimum absolute atomic E-state index is 0.00799. The molecule has 1 fully saturated rings. The number of hydrogen-bond donors (Lipinski definition) is 0. The second-order valence-electron chi connectivity index (χ2n) is 5.32. The van der Waals surface area contributed by atoms with Gasteiger partial charge in [-0.1, -0.05) is 11.6 Å². The number of likely N-dealkylation sites (tertiary alicyclic amines) is 1. The molecule has 1 atom stereocenters. The number of rotatable bonds is 4. The Hall–Kier alpha value is -1.13. The second kappa shape index (κ2) is 6.32. The van der Waals surface area contributed by atoms with Gasteiger partial charge in [0.05, 0.1) is 16.7 Å². The molecular formula is C14H18ClN3O2S. The van der Waals surface area contributed by atoms with Crippen molar-refractivity contribution in [2.24, 2.45) is 0 Å². The predicted octanol–water partition coefficient (Wildman–Crippen LogP) is 1.93. The first-order valence-electron chi connectivity index (χ1n) is 6.72. The summed E-state index contributed by atoms with van der Waals surface area (Å²) in [6, 6.07) is 6.44. The molecule has 21 heavy (non-hydrogen) atoms. The van der Waals surface area contributed by atoms with Crippen molar-refractivity contribution in [1.82, 2.24) is 9.21 Å². The molecule has 0 saturated carbocycles. The zero-order chi connectivity index (χ0) is 15.6. The molecule has 0 aliphatic carbocycles. The quantitative estimate of drug-likeness (QED) is 0.847. The van der Waals surface area contributed by atoms with Crippen molar-refractivity contribution in [2.45, 2.75) is 23.8 Å². The van der Waals surface area contributed by atoms with Crippen LogP contribution in [0, 0.1) is 11.3 Å². The van der Waals surface area contributed by atoms with Crippen molar-refractivity contribution in [3.05, 3.63) is 28.8 Å². The van der Waals surface area contributed by atoms with Gasteiger partial charge in [-0.15, -0.1) is 0 Å². The summed E-state index contributed by atoms with van der Waals surface area (Å²) in [5.41, 5.74) is 0.282. The van der Waals surface area contributed by atoms with Gasteiger partial charge in [0, 0.05) is 19.6 Å². The predicted molar refractivity (Wildman–Crippen MR) is 81.6 cm³/mol. The first-order valence-corrected chi connectivity index (χ1v) is 8.54. The third-order valence-corrected chi connectivity index (χ3v) is 6.19. The van der Waals surface area contributed by atoms with Gasteiger partial charge in [0.25, 0.3) is 0 Å². The molecule has 114 valence electrons. The summed E-state index contributed by atoms with van der Waals surface area (Å²) in [4.78, 5) is 2.16. The van der Waals surface area contributed by atoms with Gasteiger partial charge in [-0.25, -0.2) is 8.42 Å². The normalized spacial score (nSPS) is 19.9. The molecule has 7 heteroatoms. The monoisotopic (exact) mass is 327 g/mol. The van der Waals surface area contributed by atoms with Crippen molar-refractivity contribution in [3.63, 3.8) is 0 Å². The summed E-state index contributed by atoms with van der Waals surface area (Å²) in [7, 11) is -0.136. The van der Waals surface area contributed by atoms with Gasteiger partial charge in [-0.05, 0) is 44.6 Å². The highest BCUT2D eigenvalue weighted by Gasteiger charge is 2.29.